The van der Waals surface area contributed by atoms with E-state index in [9.17, 15) is 9.59 Å². The number of halogens is 2. The zero-order valence-corrected chi connectivity index (χ0v) is 19.1. The van der Waals surface area contributed by atoms with Crippen LogP contribution in [0.2, 0.25) is 10.0 Å². The van der Waals surface area contributed by atoms with E-state index in [1.807, 2.05) is 13.8 Å². The van der Waals surface area contributed by atoms with Crippen LogP contribution >= 0.6 is 23.2 Å². The summed E-state index contributed by atoms with van der Waals surface area (Å²) in [6, 6.07) is 16.5. The topological polar surface area (TPSA) is 76.7 Å². The van der Waals surface area contributed by atoms with Crippen LogP contribution in [0, 0.1) is 0 Å². The first-order valence-corrected chi connectivity index (χ1v) is 10.7. The van der Waals surface area contributed by atoms with Crippen molar-refractivity contribution in [2.75, 3.05) is 23.8 Å². The Labute approximate surface area is 196 Å². The highest BCUT2D eigenvalue weighted by Crippen LogP contribution is 2.28. The lowest BCUT2D eigenvalue weighted by Gasteiger charge is -2.13. The molecule has 3 aromatic carbocycles. The minimum absolute atomic E-state index is 0.341. The fourth-order valence-electron chi connectivity index (χ4n) is 2.92. The summed E-state index contributed by atoms with van der Waals surface area (Å²) in [7, 11) is 0. The van der Waals surface area contributed by atoms with Crippen LogP contribution in [-0.4, -0.2) is 25.0 Å². The summed E-state index contributed by atoms with van der Waals surface area (Å²) < 4.78 is 10.8. The maximum Gasteiger partial charge on any atom is 0.255 e. The van der Waals surface area contributed by atoms with Gasteiger partial charge >= 0.3 is 0 Å². The molecule has 6 nitrogen and oxygen atoms in total. The number of amides is 2. The summed E-state index contributed by atoms with van der Waals surface area (Å²) in [5.41, 5.74) is 1.59. The standard InChI is InChI=1S/C24H22Cl2N2O4/c1-3-31-21-11-9-15(13-17(21)25)23(29)27-19-7-5-6-8-20(19)28-24(30)16-10-12-22(32-4-2)18(26)14-16/h5-14H,3-4H2,1-2H3,(H,27,29)(H,28,30). The van der Waals surface area contributed by atoms with Gasteiger partial charge in [0, 0.05) is 11.1 Å². The SMILES string of the molecule is CCOc1ccc(C(=O)Nc2ccccc2NC(=O)c2ccc(OCC)c(Cl)c2)cc1Cl. The third-order valence-corrected chi connectivity index (χ3v) is 5.00. The van der Waals surface area contributed by atoms with Gasteiger partial charge in [0.1, 0.15) is 11.5 Å². The molecule has 0 aliphatic heterocycles. The first-order valence-electron chi connectivity index (χ1n) is 9.99. The quantitative estimate of drug-likeness (QED) is 0.403. The maximum atomic E-state index is 12.7. The van der Waals surface area contributed by atoms with Gasteiger partial charge in [-0.15, -0.1) is 0 Å². The lowest BCUT2D eigenvalue weighted by molar-refractivity contribution is 0.101. The molecule has 8 heteroatoms. The van der Waals surface area contributed by atoms with Gasteiger partial charge in [-0.25, -0.2) is 0 Å². The maximum absolute atomic E-state index is 12.7. The Morgan fingerprint density at radius 3 is 1.47 bits per heavy atom. The highest BCUT2D eigenvalue weighted by atomic mass is 35.5. The van der Waals surface area contributed by atoms with Crippen LogP contribution in [0.3, 0.4) is 0 Å². The van der Waals surface area contributed by atoms with Crippen LogP contribution in [0.15, 0.2) is 60.7 Å². The van der Waals surface area contributed by atoms with Crippen molar-refractivity contribution >= 4 is 46.4 Å². The second-order valence-corrected chi connectivity index (χ2v) is 7.42. The first kappa shape index (κ1) is 23.4. The third-order valence-electron chi connectivity index (χ3n) is 4.41. The number of hydrogen-bond acceptors (Lipinski definition) is 4. The average Bonchev–Trinajstić information content (AvgIpc) is 2.78. The summed E-state index contributed by atoms with van der Waals surface area (Å²) in [4.78, 5) is 25.5. The number of nitrogens with one attached hydrogen (secondary N) is 2. The predicted octanol–water partition coefficient (Wildman–Crippen LogP) is 6.30. The Morgan fingerprint density at radius 2 is 1.12 bits per heavy atom. The number of benzene rings is 3. The average molecular weight is 473 g/mol. The fraction of sp³-hybridized carbons (Fsp3) is 0.167. The molecular formula is C24H22Cl2N2O4. The fourth-order valence-corrected chi connectivity index (χ4v) is 3.39. The monoisotopic (exact) mass is 472 g/mol. The Hall–Kier alpha value is -3.22. The molecule has 0 aliphatic rings. The molecule has 2 N–H and O–H groups in total. The van der Waals surface area contributed by atoms with Crippen LogP contribution in [0.5, 0.6) is 11.5 Å². The van der Waals surface area contributed by atoms with Gasteiger partial charge in [0.25, 0.3) is 11.8 Å². The molecule has 0 radical (unpaired) electrons. The van der Waals surface area contributed by atoms with Crippen LogP contribution in [-0.2, 0) is 0 Å². The molecule has 0 saturated heterocycles. The van der Waals surface area contributed by atoms with Crippen molar-refractivity contribution in [3.8, 4) is 11.5 Å². The molecule has 0 atom stereocenters. The van der Waals surface area contributed by atoms with Crippen LogP contribution in [0.25, 0.3) is 0 Å². The molecule has 0 aliphatic carbocycles. The number of para-hydroxylation sites is 2. The van der Waals surface area contributed by atoms with E-state index < -0.39 is 0 Å². The lowest BCUT2D eigenvalue weighted by Crippen LogP contribution is -2.17. The zero-order chi connectivity index (χ0) is 23.1. The molecule has 0 saturated carbocycles. The van der Waals surface area contributed by atoms with Crippen LogP contribution < -0.4 is 20.1 Å². The molecule has 0 fully saturated rings. The lowest BCUT2D eigenvalue weighted by atomic mass is 10.1. The van der Waals surface area contributed by atoms with Crippen molar-refractivity contribution < 1.29 is 19.1 Å². The summed E-state index contributed by atoms with van der Waals surface area (Å²) in [5, 5.41) is 6.28. The van der Waals surface area contributed by atoms with Gasteiger partial charge in [-0.1, -0.05) is 35.3 Å². The third kappa shape index (κ3) is 5.72. The normalized spacial score (nSPS) is 10.4. The van der Waals surface area contributed by atoms with E-state index in [4.69, 9.17) is 32.7 Å². The summed E-state index contributed by atoms with van der Waals surface area (Å²) in [6.07, 6.45) is 0. The van der Waals surface area contributed by atoms with E-state index in [0.29, 0.717) is 57.3 Å². The van der Waals surface area contributed by atoms with Gasteiger partial charge in [0.05, 0.1) is 34.6 Å². The van der Waals surface area contributed by atoms with Crippen LogP contribution in [0.4, 0.5) is 11.4 Å². The Morgan fingerprint density at radius 1 is 0.719 bits per heavy atom. The Balaban J connectivity index is 1.76. The summed E-state index contributed by atoms with van der Waals surface area (Å²) >= 11 is 12.4. The minimum atomic E-state index is -0.374. The Bertz CT molecular complexity index is 1050. The molecule has 0 aromatic heterocycles. The summed E-state index contributed by atoms with van der Waals surface area (Å²) in [6.45, 7) is 4.64. The van der Waals surface area contributed by atoms with Gasteiger partial charge in [-0.05, 0) is 62.4 Å². The van der Waals surface area contributed by atoms with Gasteiger partial charge in [0.2, 0.25) is 0 Å². The number of carbonyl (C=O) groups excluding carboxylic acids is 2. The van der Waals surface area contributed by atoms with E-state index in [2.05, 4.69) is 10.6 Å². The van der Waals surface area contributed by atoms with Crippen molar-refractivity contribution in [1.29, 1.82) is 0 Å². The van der Waals surface area contributed by atoms with E-state index in [1.54, 1.807) is 48.5 Å². The molecule has 3 aromatic rings. The number of carbonyl (C=O) groups is 2. The van der Waals surface area contributed by atoms with Crippen molar-refractivity contribution in [1.82, 2.24) is 0 Å². The van der Waals surface area contributed by atoms with E-state index in [-0.39, 0.29) is 11.8 Å². The number of ether oxygens (including phenoxy) is 2. The summed E-state index contributed by atoms with van der Waals surface area (Å²) in [5.74, 6) is 0.265. The molecule has 166 valence electrons. The molecule has 32 heavy (non-hydrogen) atoms. The molecular weight excluding hydrogens is 451 g/mol. The zero-order valence-electron chi connectivity index (χ0n) is 17.6. The highest BCUT2D eigenvalue weighted by molar-refractivity contribution is 6.33. The smallest absolute Gasteiger partial charge is 0.255 e. The molecule has 3 rings (SSSR count). The first-order chi connectivity index (χ1) is 15.4. The van der Waals surface area contributed by atoms with Gasteiger partial charge in [-0.2, -0.15) is 0 Å². The van der Waals surface area contributed by atoms with E-state index in [0.717, 1.165) is 0 Å². The van der Waals surface area contributed by atoms with Crippen molar-refractivity contribution in [3.63, 3.8) is 0 Å². The predicted molar refractivity (Wildman–Crippen MR) is 128 cm³/mol. The molecule has 0 unspecified atom stereocenters. The second kappa shape index (κ2) is 10.9. The second-order valence-electron chi connectivity index (χ2n) is 6.61. The van der Waals surface area contributed by atoms with E-state index in [1.165, 1.54) is 12.1 Å². The van der Waals surface area contributed by atoms with Crippen molar-refractivity contribution in [3.05, 3.63) is 81.8 Å². The highest BCUT2D eigenvalue weighted by Gasteiger charge is 2.15. The minimum Gasteiger partial charge on any atom is -0.492 e. The largest absolute Gasteiger partial charge is 0.492 e. The van der Waals surface area contributed by atoms with Gasteiger partial charge in [-0.3, -0.25) is 9.59 Å². The molecule has 0 bridgehead atoms. The van der Waals surface area contributed by atoms with E-state index >= 15 is 0 Å². The molecule has 2 amide bonds. The number of rotatable bonds is 8. The Kier molecular flexibility index (Phi) is 7.98. The molecule has 0 spiro atoms. The number of anilines is 2. The van der Waals surface area contributed by atoms with Gasteiger partial charge in [0.15, 0.2) is 0 Å². The van der Waals surface area contributed by atoms with Crippen LogP contribution in [0.1, 0.15) is 34.6 Å². The van der Waals surface area contributed by atoms with Crippen molar-refractivity contribution in [2.24, 2.45) is 0 Å². The molecule has 0 heterocycles. The number of hydrogen-bond donors (Lipinski definition) is 2. The van der Waals surface area contributed by atoms with Gasteiger partial charge < -0.3 is 20.1 Å². The van der Waals surface area contributed by atoms with Crippen molar-refractivity contribution in [2.45, 2.75) is 13.8 Å².